The van der Waals surface area contributed by atoms with Crippen molar-refractivity contribution in [3.63, 3.8) is 0 Å². The van der Waals surface area contributed by atoms with Crippen LogP contribution in [0.15, 0.2) is 0 Å². The standard InChI is InChI=1S/C11H21S/c1-4-6-8-11(9-12)10(3)7-5-2/h9-10H,4-8H2,1-3H3. The Morgan fingerprint density at radius 3 is 2.42 bits per heavy atom. The van der Waals surface area contributed by atoms with Crippen molar-refractivity contribution in [2.45, 2.75) is 52.9 Å². The zero-order valence-electron chi connectivity index (χ0n) is 8.60. The molecule has 0 aliphatic carbocycles. The predicted molar refractivity (Wildman–Crippen MR) is 60.5 cm³/mol. The lowest BCUT2D eigenvalue weighted by Gasteiger charge is -2.17. The highest BCUT2D eigenvalue weighted by Crippen LogP contribution is 2.23. The van der Waals surface area contributed by atoms with Gasteiger partial charge in [-0.05, 0) is 17.7 Å². The molecule has 12 heavy (non-hydrogen) atoms. The third-order valence-electron chi connectivity index (χ3n) is 2.33. The van der Waals surface area contributed by atoms with Crippen molar-refractivity contribution in [3.8, 4) is 0 Å². The maximum atomic E-state index is 5.02. The first kappa shape index (κ1) is 12.1. The van der Waals surface area contributed by atoms with E-state index in [2.05, 4.69) is 20.8 Å². The van der Waals surface area contributed by atoms with Crippen molar-refractivity contribution >= 4 is 17.6 Å². The van der Waals surface area contributed by atoms with Crippen LogP contribution in [-0.2, 0) is 0 Å². The van der Waals surface area contributed by atoms with E-state index in [1.807, 2.05) is 5.37 Å². The Hall–Kier alpha value is 0.0900. The zero-order valence-corrected chi connectivity index (χ0v) is 9.41. The molecule has 0 aromatic rings. The van der Waals surface area contributed by atoms with Crippen molar-refractivity contribution in [2.24, 2.45) is 5.92 Å². The number of hydrogen-bond acceptors (Lipinski definition) is 1. The van der Waals surface area contributed by atoms with Crippen LogP contribution >= 0.6 is 12.2 Å². The van der Waals surface area contributed by atoms with E-state index in [0.717, 1.165) is 0 Å². The van der Waals surface area contributed by atoms with E-state index in [9.17, 15) is 0 Å². The van der Waals surface area contributed by atoms with Crippen LogP contribution in [0.4, 0.5) is 0 Å². The molecule has 0 rings (SSSR count). The first-order chi connectivity index (χ1) is 5.76. The molecule has 0 aliphatic rings. The van der Waals surface area contributed by atoms with Gasteiger partial charge in [0.1, 0.15) is 0 Å². The Bertz CT molecular complexity index is 110. The van der Waals surface area contributed by atoms with Crippen molar-refractivity contribution in [2.75, 3.05) is 0 Å². The van der Waals surface area contributed by atoms with Gasteiger partial charge in [-0.25, -0.2) is 0 Å². The molecule has 0 nitrogen and oxygen atoms in total. The summed E-state index contributed by atoms with van der Waals surface area (Å²) >= 11 is 5.02. The highest BCUT2D eigenvalue weighted by molar-refractivity contribution is 7.79. The van der Waals surface area contributed by atoms with Crippen LogP contribution in [-0.4, -0.2) is 5.37 Å². The highest BCUT2D eigenvalue weighted by Gasteiger charge is 2.13. The maximum Gasteiger partial charge on any atom is 0.0113 e. The summed E-state index contributed by atoms with van der Waals surface area (Å²) < 4.78 is 0. The molecule has 0 amide bonds. The normalized spacial score (nSPS) is 13.3. The van der Waals surface area contributed by atoms with E-state index < -0.39 is 0 Å². The molecule has 1 atom stereocenters. The van der Waals surface area contributed by atoms with Crippen LogP contribution in [0.3, 0.4) is 0 Å². The second kappa shape index (κ2) is 7.72. The topological polar surface area (TPSA) is 0 Å². The maximum absolute atomic E-state index is 5.02. The molecule has 0 aromatic carbocycles. The minimum Gasteiger partial charge on any atom is -0.0928 e. The lowest BCUT2D eigenvalue weighted by Crippen LogP contribution is -2.09. The SMILES string of the molecule is CCCC[C](C=S)C(C)CCC. The Balaban J connectivity index is 3.70. The summed E-state index contributed by atoms with van der Waals surface area (Å²) in [6.45, 7) is 6.75. The molecule has 0 spiro atoms. The van der Waals surface area contributed by atoms with Crippen molar-refractivity contribution in [1.82, 2.24) is 0 Å². The summed E-state index contributed by atoms with van der Waals surface area (Å²) in [5.74, 6) is 2.19. The average Bonchev–Trinajstić information content (AvgIpc) is 2.06. The summed E-state index contributed by atoms with van der Waals surface area (Å²) in [5.41, 5.74) is 0. The monoisotopic (exact) mass is 185 g/mol. The molecule has 71 valence electrons. The fourth-order valence-corrected chi connectivity index (χ4v) is 1.77. The molecule has 0 bridgehead atoms. The molecular weight excluding hydrogens is 164 g/mol. The fraction of sp³-hybridized carbons (Fsp3) is 0.818. The van der Waals surface area contributed by atoms with Gasteiger partial charge in [-0.3, -0.25) is 0 Å². The van der Waals surface area contributed by atoms with E-state index in [-0.39, 0.29) is 0 Å². The summed E-state index contributed by atoms with van der Waals surface area (Å²) in [5, 5.41) is 1.90. The van der Waals surface area contributed by atoms with Crippen LogP contribution in [0, 0.1) is 11.8 Å². The fourth-order valence-electron chi connectivity index (χ4n) is 1.42. The Labute approximate surface area is 82.7 Å². The largest absolute Gasteiger partial charge is 0.0928 e. The number of hydrogen-bond donors (Lipinski definition) is 0. The van der Waals surface area contributed by atoms with Gasteiger partial charge in [0.2, 0.25) is 0 Å². The predicted octanol–water partition coefficient (Wildman–Crippen LogP) is 4.19. The second-order valence-corrected chi connectivity index (χ2v) is 3.72. The second-order valence-electron chi connectivity index (χ2n) is 3.49. The van der Waals surface area contributed by atoms with E-state index in [1.165, 1.54) is 38.0 Å². The third-order valence-corrected chi connectivity index (χ3v) is 2.63. The molecule has 0 fully saturated rings. The smallest absolute Gasteiger partial charge is 0.0113 e. The highest BCUT2D eigenvalue weighted by atomic mass is 32.1. The van der Waals surface area contributed by atoms with Gasteiger partial charge in [-0.15, -0.1) is 0 Å². The van der Waals surface area contributed by atoms with E-state index in [0.29, 0.717) is 5.92 Å². The summed E-state index contributed by atoms with van der Waals surface area (Å²) in [6, 6.07) is 0. The summed E-state index contributed by atoms with van der Waals surface area (Å²) in [6.07, 6.45) is 6.31. The van der Waals surface area contributed by atoms with Gasteiger partial charge in [0, 0.05) is 5.92 Å². The van der Waals surface area contributed by atoms with Gasteiger partial charge >= 0.3 is 0 Å². The molecule has 0 aliphatic heterocycles. The zero-order chi connectivity index (χ0) is 9.40. The van der Waals surface area contributed by atoms with Crippen LogP contribution in [0.1, 0.15) is 52.9 Å². The average molecular weight is 185 g/mol. The molecule has 0 saturated carbocycles. The van der Waals surface area contributed by atoms with Gasteiger partial charge in [-0.2, -0.15) is 0 Å². The Morgan fingerprint density at radius 2 is 2.00 bits per heavy atom. The quantitative estimate of drug-likeness (QED) is 0.536. The van der Waals surface area contributed by atoms with E-state index >= 15 is 0 Å². The first-order valence-corrected chi connectivity index (χ1v) is 5.54. The minimum atomic E-state index is 0.707. The molecule has 0 aromatic heterocycles. The van der Waals surface area contributed by atoms with Gasteiger partial charge in [0.05, 0.1) is 0 Å². The van der Waals surface area contributed by atoms with Gasteiger partial charge in [-0.1, -0.05) is 58.7 Å². The van der Waals surface area contributed by atoms with Crippen LogP contribution in [0.5, 0.6) is 0 Å². The first-order valence-electron chi connectivity index (χ1n) is 5.07. The molecule has 1 heteroatoms. The molecule has 1 unspecified atom stereocenters. The summed E-state index contributed by atoms with van der Waals surface area (Å²) in [7, 11) is 0. The molecule has 0 N–H and O–H groups in total. The van der Waals surface area contributed by atoms with Crippen LogP contribution in [0.25, 0.3) is 0 Å². The number of thiocarbonyl (C=S) groups is 1. The number of rotatable bonds is 7. The number of unbranched alkanes of at least 4 members (excludes halogenated alkanes) is 1. The van der Waals surface area contributed by atoms with Gasteiger partial charge in [0.15, 0.2) is 0 Å². The lowest BCUT2D eigenvalue weighted by molar-refractivity contribution is 0.536. The molecule has 0 saturated heterocycles. The van der Waals surface area contributed by atoms with Gasteiger partial charge < -0.3 is 0 Å². The van der Waals surface area contributed by atoms with Crippen molar-refractivity contribution in [3.05, 3.63) is 5.92 Å². The summed E-state index contributed by atoms with van der Waals surface area (Å²) in [4.78, 5) is 0. The lowest BCUT2D eigenvalue weighted by atomic mass is 9.88. The molecule has 1 radical (unpaired) electrons. The molecular formula is C11H21S. The van der Waals surface area contributed by atoms with E-state index in [4.69, 9.17) is 12.2 Å². The van der Waals surface area contributed by atoms with Crippen molar-refractivity contribution < 1.29 is 0 Å². The van der Waals surface area contributed by atoms with Crippen LogP contribution < -0.4 is 0 Å². The minimum absolute atomic E-state index is 0.707. The van der Waals surface area contributed by atoms with Crippen LogP contribution in [0.2, 0.25) is 0 Å². The Kier molecular flexibility index (Phi) is 7.78. The van der Waals surface area contributed by atoms with Gasteiger partial charge in [0.25, 0.3) is 0 Å². The van der Waals surface area contributed by atoms with E-state index in [1.54, 1.807) is 0 Å². The molecule has 0 heterocycles. The van der Waals surface area contributed by atoms with Crippen molar-refractivity contribution in [1.29, 1.82) is 0 Å². The Morgan fingerprint density at radius 1 is 1.33 bits per heavy atom. The third kappa shape index (κ3) is 4.87.